The lowest BCUT2D eigenvalue weighted by molar-refractivity contribution is -0.136. The maximum absolute atomic E-state index is 13.1. The minimum Gasteiger partial charge on any atom is -0.387 e. The van der Waals surface area contributed by atoms with E-state index in [9.17, 15) is 24.0 Å². The first-order chi connectivity index (χ1) is 25.8. The third kappa shape index (κ3) is 7.89. The molecule has 3 fully saturated rings. The molecule has 0 radical (unpaired) electrons. The van der Waals surface area contributed by atoms with Gasteiger partial charge in [0.25, 0.3) is 11.8 Å². The van der Waals surface area contributed by atoms with Gasteiger partial charge in [0.1, 0.15) is 6.04 Å². The molecule has 53 heavy (non-hydrogen) atoms. The van der Waals surface area contributed by atoms with Crippen molar-refractivity contribution < 1.29 is 24.0 Å². The zero-order chi connectivity index (χ0) is 36.9. The van der Waals surface area contributed by atoms with Crippen LogP contribution in [0.1, 0.15) is 77.8 Å². The summed E-state index contributed by atoms with van der Waals surface area (Å²) in [6.45, 7) is 4.70. The number of benzene rings is 2. The van der Waals surface area contributed by atoms with Gasteiger partial charge in [-0.25, -0.2) is 4.98 Å². The van der Waals surface area contributed by atoms with Crippen molar-refractivity contribution in [2.75, 3.05) is 49.6 Å². The van der Waals surface area contributed by atoms with Crippen molar-refractivity contribution in [1.29, 1.82) is 5.41 Å². The lowest BCUT2D eigenvalue weighted by Gasteiger charge is -2.32. The summed E-state index contributed by atoms with van der Waals surface area (Å²) in [5, 5.41) is 20.3. The molecule has 0 bridgehead atoms. The number of nitrogens with one attached hydrogen (secondary N) is 5. The van der Waals surface area contributed by atoms with Crippen LogP contribution in [-0.2, 0) is 14.4 Å². The number of nitrogens with zero attached hydrogens (tertiary/aromatic N) is 5. The molecule has 3 saturated heterocycles. The second-order valence-electron chi connectivity index (χ2n) is 13.9. The molecule has 0 saturated carbocycles. The Labute approximate surface area is 307 Å². The summed E-state index contributed by atoms with van der Waals surface area (Å²) in [7, 11) is 0. The Bertz CT molecular complexity index is 1970. The highest BCUT2D eigenvalue weighted by Gasteiger charge is 2.44. The lowest BCUT2D eigenvalue weighted by atomic mass is 10.0. The third-order valence-corrected chi connectivity index (χ3v) is 10.4. The Balaban J connectivity index is 0.814. The fraction of sp³-hybridized carbons (Fsp3) is 0.421. The van der Waals surface area contributed by atoms with E-state index in [1.54, 1.807) is 24.4 Å². The van der Waals surface area contributed by atoms with Crippen molar-refractivity contribution in [3.05, 3.63) is 65.6 Å². The molecule has 1 aromatic heterocycles. The van der Waals surface area contributed by atoms with Crippen LogP contribution in [0, 0.1) is 5.41 Å². The van der Waals surface area contributed by atoms with E-state index in [2.05, 4.69) is 37.2 Å². The molecule has 7 rings (SSSR count). The second kappa shape index (κ2) is 15.9. The number of carbonyl (C=O) groups excluding carboxylic acids is 5. The van der Waals surface area contributed by atoms with Crippen molar-refractivity contribution in [3.8, 4) is 0 Å². The number of likely N-dealkylation sites (tertiary alicyclic amines) is 1. The van der Waals surface area contributed by atoms with Gasteiger partial charge < -0.3 is 25.8 Å². The summed E-state index contributed by atoms with van der Waals surface area (Å²) >= 11 is 0. The standard InChI is InChI=1S/C38H44N10O5/c39-20-24(32-22-43-30-8-6-27(19-31(30)44-32)47-17-14-40-23-47)21-42-25-11-15-46(16-12-25)35(50)4-2-1-3-13-41-26-5-7-28-29(18-26)38(53)48(37(28)52)33-9-10-34(49)45-36(33)51/h5-8,18-22,25,33,39-42H,1-4,9-17,23H2,(H,45,49,51)/b24-21+,39-20?. The molecule has 0 aliphatic carbocycles. The molecule has 15 heteroatoms. The molecular weight excluding hydrogens is 676 g/mol. The number of fused-ring (bicyclic) bond motifs is 2. The molecule has 4 aliphatic rings. The average molecular weight is 721 g/mol. The fourth-order valence-corrected chi connectivity index (χ4v) is 7.31. The largest absolute Gasteiger partial charge is 0.387 e. The number of hydrogen-bond donors (Lipinski definition) is 5. The van der Waals surface area contributed by atoms with Crippen molar-refractivity contribution in [2.45, 2.75) is 63.5 Å². The topological polar surface area (TPSA) is 193 Å². The maximum atomic E-state index is 13.1. The Morgan fingerprint density at radius 3 is 2.55 bits per heavy atom. The van der Waals surface area contributed by atoms with Crippen molar-refractivity contribution in [3.63, 3.8) is 0 Å². The number of piperidine rings is 2. The van der Waals surface area contributed by atoms with Crippen LogP contribution in [0.15, 0.2) is 48.8 Å². The van der Waals surface area contributed by atoms with E-state index in [1.807, 2.05) is 23.2 Å². The number of amides is 5. The third-order valence-electron chi connectivity index (χ3n) is 10.4. The van der Waals surface area contributed by atoms with Crippen LogP contribution in [-0.4, -0.2) is 107 Å². The second-order valence-corrected chi connectivity index (χ2v) is 13.9. The molecule has 4 aliphatic heterocycles. The molecule has 1 atom stereocenters. The van der Waals surface area contributed by atoms with E-state index in [0.717, 1.165) is 73.5 Å². The number of hydrogen-bond acceptors (Lipinski definition) is 12. The maximum Gasteiger partial charge on any atom is 0.262 e. The SMILES string of the molecule is N=C/C(=C\NC1CCN(C(=O)CCCCCNc2ccc3c(c2)C(=O)N(C2CCC(=O)NC2=O)C3=O)CC1)c1cnc2ccc(N3CCNC3)cc2n1. The first-order valence-corrected chi connectivity index (χ1v) is 18.4. The zero-order valence-corrected chi connectivity index (χ0v) is 29.5. The first-order valence-electron chi connectivity index (χ1n) is 18.4. The van der Waals surface area contributed by atoms with E-state index >= 15 is 0 Å². The van der Waals surface area contributed by atoms with Crippen LogP contribution < -0.4 is 26.2 Å². The highest BCUT2D eigenvalue weighted by molar-refractivity contribution is 6.23. The number of imide groups is 2. The summed E-state index contributed by atoms with van der Waals surface area (Å²) < 4.78 is 0. The Morgan fingerprint density at radius 2 is 1.77 bits per heavy atom. The summed E-state index contributed by atoms with van der Waals surface area (Å²) in [5.41, 5.74) is 5.17. The summed E-state index contributed by atoms with van der Waals surface area (Å²) in [4.78, 5) is 77.3. The van der Waals surface area contributed by atoms with Crippen LogP contribution >= 0.6 is 0 Å². The van der Waals surface area contributed by atoms with Gasteiger partial charge in [-0.1, -0.05) is 6.42 Å². The zero-order valence-electron chi connectivity index (χ0n) is 29.5. The fourth-order valence-electron chi connectivity index (χ4n) is 7.31. The summed E-state index contributed by atoms with van der Waals surface area (Å²) in [6, 6.07) is 10.2. The Hall–Kier alpha value is -5.70. The Morgan fingerprint density at radius 1 is 0.943 bits per heavy atom. The summed E-state index contributed by atoms with van der Waals surface area (Å²) in [5.74, 6) is -1.94. The normalized spacial score (nSPS) is 19.5. The van der Waals surface area contributed by atoms with Crippen molar-refractivity contribution in [2.24, 2.45) is 0 Å². The van der Waals surface area contributed by atoms with Gasteiger partial charge in [-0.3, -0.25) is 44.5 Å². The smallest absolute Gasteiger partial charge is 0.262 e. The molecule has 276 valence electrons. The van der Waals surface area contributed by atoms with Gasteiger partial charge in [-0.15, -0.1) is 0 Å². The van der Waals surface area contributed by atoms with Crippen LogP contribution in [0.25, 0.3) is 16.6 Å². The number of rotatable bonds is 13. The molecule has 1 unspecified atom stereocenters. The van der Waals surface area contributed by atoms with Gasteiger partial charge in [0.05, 0.1) is 40.7 Å². The van der Waals surface area contributed by atoms with Gasteiger partial charge in [-0.2, -0.15) is 0 Å². The molecule has 5 amide bonds. The lowest BCUT2D eigenvalue weighted by Crippen LogP contribution is -2.54. The monoisotopic (exact) mass is 720 g/mol. The highest BCUT2D eigenvalue weighted by atomic mass is 16.2. The molecule has 5 heterocycles. The van der Waals surface area contributed by atoms with Crippen molar-refractivity contribution in [1.82, 2.24) is 35.7 Å². The van der Waals surface area contributed by atoms with Crippen LogP contribution in [0.2, 0.25) is 0 Å². The molecular formula is C38H44N10O5. The van der Waals surface area contributed by atoms with Crippen molar-refractivity contribution >= 4 is 63.7 Å². The predicted molar refractivity (Wildman–Crippen MR) is 199 cm³/mol. The predicted octanol–water partition coefficient (Wildman–Crippen LogP) is 2.64. The molecule has 3 aromatic rings. The quantitative estimate of drug-likeness (QED) is 0.0991. The first kappa shape index (κ1) is 35.7. The highest BCUT2D eigenvalue weighted by Crippen LogP contribution is 2.30. The number of aromatic nitrogens is 2. The van der Waals surface area contributed by atoms with Crippen LogP contribution in [0.5, 0.6) is 0 Å². The average Bonchev–Trinajstić information content (AvgIpc) is 3.80. The number of unbranched alkanes of at least 4 members (excludes halogenated alkanes) is 2. The molecule has 2 aromatic carbocycles. The molecule has 5 N–H and O–H groups in total. The van der Waals surface area contributed by atoms with E-state index in [0.29, 0.717) is 43.0 Å². The van der Waals surface area contributed by atoms with Gasteiger partial charge >= 0.3 is 0 Å². The van der Waals surface area contributed by atoms with E-state index in [-0.39, 0.29) is 35.9 Å². The van der Waals surface area contributed by atoms with Gasteiger partial charge in [0.15, 0.2) is 0 Å². The minimum absolute atomic E-state index is 0.0762. The van der Waals surface area contributed by atoms with E-state index < -0.39 is 29.7 Å². The number of allylic oxidation sites excluding steroid dienone is 1. The molecule has 0 spiro atoms. The summed E-state index contributed by atoms with van der Waals surface area (Å²) in [6.07, 6.45) is 9.58. The number of carbonyl (C=O) groups is 5. The molecule has 15 nitrogen and oxygen atoms in total. The van der Waals surface area contributed by atoms with Gasteiger partial charge in [-0.05, 0) is 68.5 Å². The number of anilines is 2. The Kier molecular flexibility index (Phi) is 10.7. The van der Waals surface area contributed by atoms with E-state index in [1.165, 1.54) is 6.21 Å². The van der Waals surface area contributed by atoms with Crippen LogP contribution in [0.3, 0.4) is 0 Å². The van der Waals surface area contributed by atoms with Crippen LogP contribution in [0.4, 0.5) is 11.4 Å². The van der Waals surface area contributed by atoms with E-state index in [4.69, 9.17) is 10.4 Å². The minimum atomic E-state index is -0.991. The van der Waals surface area contributed by atoms with Gasteiger partial charge in [0.2, 0.25) is 17.7 Å². The van der Waals surface area contributed by atoms with Gasteiger partial charge in [0, 0.05) is 81.0 Å².